The van der Waals surface area contributed by atoms with Gasteiger partial charge in [0.15, 0.2) is 6.10 Å². The first kappa shape index (κ1) is 48.9. The summed E-state index contributed by atoms with van der Waals surface area (Å²) >= 11 is 0. The summed E-state index contributed by atoms with van der Waals surface area (Å²) in [6.45, 7) is 2.25. The van der Waals surface area contributed by atoms with Crippen molar-refractivity contribution in [1.82, 2.24) is 0 Å². The van der Waals surface area contributed by atoms with Gasteiger partial charge in [0.1, 0.15) is 12.7 Å². The van der Waals surface area contributed by atoms with Crippen LogP contribution >= 0.6 is 7.82 Å². The molecule has 0 aromatic rings. The Morgan fingerprint density at radius 2 is 1.04 bits per heavy atom. The average molecular weight is 743 g/mol. The molecule has 1 unspecified atom stereocenters. The average Bonchev–Trinajstić information content (AvgIpc) is 3.12. The second-order valence-electron chi connectivity index (χ2n) is 12.9. The second-order valence-corrected chi connectivity index (χ2v) is 14.4. The molecule has 0 rings (SSSR count). The maximum atomic E-state index is 12.6. The second kappa shape index (κ2) is 36.3. The highest BCUT2D eigenvalue weighted by Gasteiger charge is 2.27. The molecular formula is C40H71O10P. The summed E-state index contributed by atoms with van der Waals surface area (Å²) in [6, 6.07) is 0. The lowest BCUT2D eigenvalue weighted by molar-refractivity contribution is -0.161. The third-order valence-electron chi connectivity index (χ3n) is 7.96. The van der Waals surface area contributed by atoms with Crippen molar-refractivity contribution in [2.45, 2.75) is 167 Å². The van der Waals surface area contributed by atoms with Gasteiger partial charge in [0.25, 0.3) is 0 Å². The molecule has 10 nitrogen and oxygen atoms in total. The number of phosphoric acid groups is 1. The Labute approximate surface area is 309 Å². The van der Waals surface area contributed by atoms with Gasteiger partial charge in [0.05, 0.1) is 19.8 Å². The van der Waals surface area contributed by atoms with Crippen molar-refractivity contribution in [3.63, 3.8) is 0 Å². The molecular weight excluding hydrogens is 671 g/mol. The van der Waals surface area contributed by atoms with E-state index in [1.165, 1.54) is 38.5 Å². The molecule has 0 aliphatic heterocycles. The minimum Gasteiger partial charge on any atom is -0.462 e. The van der Waals surface area contributed by atoms with E-state index >= 15 is 0 Å². The number of aliphatic hydroxyl groups excluding tert-OH is 2. The first-order valence-electron chi connectivity index (χ1n) is 19.6. The molecule has 3 atom stereocenters. The molecule has 51 heavy (non-hydrogen) atoms. The fourth-order valence-corrected chi connectivity index (χ4v) is 5.65. The maximum absolute atomic E-state index is 12.6. The van der Waals surface area contributed by atoms with Crippen molar-refractivity contribution in [3.05, 3.63) is 48.6 Å². The Hall–Kier alpha value is -2.07. The highest BCUT2D eigenvalue weighted by Crippen LogP contribution is 2.43. The molecule has 0 aromatic heterocycles. The van der Waals surface area contributed by atoms with Crippen molar-refractivity contribution < 1.29 is 47.8 Å². The Morgan fingerprint density at radius 3 is 1.61 bits per heavy atom. The summed E-state index contributed by atoms with van der Waals surface area (Å²) in [5.74, 6) is -0.966. The highest BCUT2D eigenvalue weighted by atomic mass is 31.2. The van der Waals surface area contributed by atoms with Gasteiger partial charge in [-0.1, -0.05) is 120 Å². The standard InChI is InChI=1S/C40H71O10P/c1-3-5-7-9-11-13-15-16-17-18-19-20-22-24-26-28-30-32-40(44)50-38(36-49-51(45,46)48-34-37(42)33-41)35-47-39(43)31-29-27-25-23-21-14-12-10-8-6-4-2/h10-13,16-17,19-20,37-38,41-42H,3-9,14-15,18,21-36H2,1-2H3,(H,45,46)/b12-10+,13-11+,17-16+,20-19+/t37-,38+/m0/s1. The van der Waals surface area contributed by atoms with E-state index in [-0.39, 0.29) is 19.4 Å². The topological polar surface area (TPSA) is 149 Å². The summed E-state index contributed by atoms with van der Waals surface area (Å²) < 4.78 is 32.6. The van der Waals surface area contributed by atoms with Crippen LogP contribution in [0.15, 0.2) is 48.6 Å². The van der Waals surface area contributed by atoms with E-state index in [0.717, 1.165) is 77.0 Å². The van der Waals surface area contributed by atoms with E-state index in [2.05, 4.69) is 67.0 Å². The first-order valence-corrected chi connectivity index (χ1v) is 21.1. The summed E-state index contributed by atoms with van der Waals surface area (Å²) in [4.78, 5) is 34.8. The van der Waals surface area contributed by atoms with Crippen molar-refractivity contribution in [1.29, 1.82) is 0 Å². The van der Waals surface area contributed by atoms with Gasteiger partial charge < -0.3 is 24.6 Å². The zero-order chi connectivity index (χ0) is 37.7. The fraction of sp³-hybridized carbons (Fsp3) is 0.750. The molecule has 0 saturated heterocycles. The highest BCUT2D eigenvalue weighted by molar-refractivity contribution is 7.47. The van der Waals surface area contributed by atoms with Crippen LogP contribution in [0.4, 0.5) is 0 Å². The van der Waals surface area contributed by atoms with Crippen LogP contribution in [0.25, 0.3) is 0 Å². The van der Waals surface area contributed by atoms with Crippen LogP contribution in [0.1, 0.15) is 155 Å². The van der Waals surface area contributed by atoms with Gasteiger partial charge in [-0.3, -0.25) is 18.6 Å². The van der Waals surface area contributed by atoms with Gasteiger partial charge in [-0.2, -0.15) is 0 Å². The van der Waals surface area contributed by atoms with Crippen LogP contribution in [-0.4, -0.2) is 65.7 Å². The quantitative estimate of drug-likeness (QED) is 0.0245. The predicted octanol–water partition coefficient (Wildman–Crippen LogP) is 9.78. The van der Waals surface area contributed by atoms with Gasteiger partial charge in [-0.25, -0.2) is 4.57 Å². The Balaban J connectivity index is 4.41. The van der Waals surface area contributed by atoms with E-state index in [0.29, 0.717) is 12.8 Å². The fourth-order valence-electron chi connectivity index (χ4n) is 4.86. The third kappa shape index (κ3) is 36.1. The van der Waals surface area contributed by atoms with E-state index in [1.807, 2.05) is 0 Å². The van der Waals surface area contributed by atoms with Crippen molar-refractivity contribution in [2.24, 2.45) is 0 Å². The zero-order valence-corrected chi connectivity index (χ0v) is 32.7. The lowest BCUT2D eigenvalue weighted by Crippen LogP contribution is -2.29. The predicted molar refractivity (Wildman–Crippen MR) is 205 cm³/mol. The molecule has 0 aromatic carbocycles. The minimum absolute atomic E-state index is 0.155. The van der Waals surface area contributed by atoms with Crippen LogP contribution in [-0.2, 0) is 32.7 Å². The Kier molecular flexibility index (Phi) is 34.8. The molecule has 0 amide bonds. The number of rotatable bonds is 36. The number of esters is 2. The lowest BCUT2D eigenvalue weighted by Gasteiger charge is -2.20. The van der Waals surface area contributed by atoms with Gasteiger partial charge >= 0.3 is 19.8 Å². The summed E-state index contributed by atoms with van der Waals surface area (Å²) in [5.41, 5.74) is 0. The molecule has 0 aliphatic rings. The van der Waals surface area contributed by atoms with E-state index in [9.17, 15) is 24.2 Å². The molecule has 0 spiro atoms. The van der Waals surface area contributed by atoms with E-state index in [4.69, 9.17) is 19.1 Å². The molecule has 0 saturated carbocycles. The van der Waals surface area contributed by atoms with E-state index in [1.54, 1.807) is 0 Å². The monoisotopic (exact) mass is 742 g/mol. The number of allylic oxidation sites excluding steroid dienone is 8. The number of phosphoric ester groups is 1. The molecule has 0 bridgehead atoms. The normalized spacial score (nSPS) is 14.5. The van der Waals surface area contributed by atoms with Crippen LogP contribution in [0.2, 0.25) is 0 Å². The minimum atomic E-state index is -4.62. The van der Waals surface area contributed by atoms with Crippen molar-refractivity contribution in [2.75, 3.05) is 26.4 Å². The first-order chi connectivity index (χ1) is 24.7. The number of hydrogen-bond donors (Lipinski definition) is 3. The Morgan fingerprint density at radius 1 is 0.588 bits per heavy atom. The zero-order valence-electron chi connectivity index (χ0n) is 31.8. The van der Waals surface area contributed by atoms with Crippen LogP contribution in [0.3, 0.4) is 0 Å². The summed E-state index contributed by atoms with van der Waals surface area (Å²) in [6.07, 6.45) is 36.5. The van der Waals surface area contributed by atoms with Gasteiger partial charge in [0, 0.05) is 12.8 Å². The molecule has 0 radical (unpaired) electrons. The van der Waals surface area contributed by atoms with Crippen LogP contribution in [0.5, 0.6) is 0 Å². The Bertz CT molecular complexity index is 994. The molecule has 0 fully saturated rings. The number of carbonyl (C=O) groups excluding carboxylic acids is 2. The third-order valence-corrected chi connectivity index (χ3v) is 8.91. The van der Waals surface area contributed by atoms with Crippen LogP contribution in [0, 0.1) is 0 Å². The van der Waals surface area contributed by atoms with Gasteiger partial charge in [-0.15, -0.1) is 0 Å². The number of aliphatic hydroxyl groups is 2. The van der Waals surface area contributed by atoms with Crippen molar-refractivity contribution in [3.8, 4) is 0 Å². The van der Waals surface area contributed by atoms with E-state index < -0.39 is 51.8 Å². The molecule has 296 valence electrons. The largest absolute Gasteiger partial charge is 0.472 e. The van der Waals surface area contributed by atoms with Crippen molar-refractivity contribution >= 4 is 19.8 Å². The molecule has 0 heterocycles. The summed E-state index contributed by atoms with van der Waals surface area (Å²) in [5, 5.41) is 18.3. The number of carbonyl (C=O) groups is 2. The molecule has 11 heteroatoms. The SMILES string of the molecule is CCCC/C=C/CCCCCCCC(=O)OC[C@H](COP(=O)(O)OC[C@@H](O)CO)OC(=O)CCCCCC/C=C/C/C=C/C/C=C/CCCCC. The molecule has 0 aliphatic carbocycles. The smallest absolute Gasteiger partial charge is 0.462 e. The van der Waals surface area contributed by atoms with Gasteiger partial charge in [0.2, 0.25) is 0 Å². The maximum Gasteiger partial charge on any atom is 0.472 e. The number of ether oxygens (including phenoxy) is 2. The number of unbranched alkanes of at least 4 members (excludes halogenated alkanes) is 14. The lowest BCUT2D eigenvalue weighted by atomic mass is 10.1. The molecule has 3 N–H and O–H groups in total. The summed E-state index contributed by atoms with van der Waals surface area (Å²) in [7, 11) is -4.62. The van der Waals surface area contributed by atoms with Gasteiger partial charge in [-0.05, 0) is 70.6 Å². The number of hydrogen-bond acceptors (Lipinski definition) is 9. The van der Waals surface area contributed by atoms with Crippen LogP contribution < -0.4 is 0 Å².